The number of rotatable bonds is 7. The summed E-state index contributed by atoms with van der Waals surface area (Å²) in [4.78, 5) is -0.645. The number of halogens is 2. The standard InChI is InChI=1S/C14H21F2NO2S/c1-10(2)5-4-6-11(3)17-20(18,19)14-9-12(15)7-8-13(14)16/h7-11,17H,4-6H2,1-3H3. The Bertz CT molecular complexity index is 544. The van der Waals surface area contributed by atoms with Crippen LogP contribution >= 0.6 is 0 Å². The van der Waals surface area contributed by atoms with Gasteiger partial charge in [-0.15, -0.1) is 0 Å². The van der Waals surface area contributed by atoms with Gasteiger partial charge in [-0.25, -0.2) is 21.9 Å². The molecular weight excluding hydrogens is 284 g/mol. The van der Waals surface area contributed by atoms with Gasteiger partial charge in [-0.1, -0.05) is 26.7 Å². The van der Waals surface area contributed by atoms with Gasteiger partial charge in [0.2, 0.25) is 10.0 Å². The summed E-state index contributed by atoms with van der Waals surface area (Å²) in [6.45, 7) is 5.91. The Labute approximate surface area is 119 Å². The van der Waals surface area contributed by atoms with E-state index < -0.39 is 26.6 Å². The van der Waals surface area contributed by atoms with Gasteiger partial charge in [0.15, 0.2) is 0 Å². The third-order valence-corrected chi connectivity index (χ3v) is 4.56. The Morgan fingerprint density at radius 1 is 1.15 bits per heavy atom. The predicted molar refractivity (Wildman–Crippen MR) is 74.8 cm³/mol. The largest absolute Gasteiger partial charge is 0.243 e. The zero-order chi connectivity index (χ0) is 15.3. The molecule has 1 N–H and O–H groups in total. The van der Waals surface area contributed by atoms with Crippen LogP contribution in [0.5, 0.6) is 0 Å². The van der Waals surface area contributed by atoms with Gasteiger partial charge >= 0.3 is 0 Å². The Balaban J connectivity index is 2.72. The first kappa shape index (κ1) is 17.0. The first-order chi connectivity index (χ1) is 9.22. The predicted octanol–water partition coefficient (Wildman–Crippen LogP) is 3.46. The van der Waals surface area contributed by atoms with E-state index in [-0.39, 0.29) is 6.04 Å². The number of hydrogen-bond acceptors (Lipinski definition) is 2. The molecule has 0 bridgehead atoms. The van der Waals surface area contributed by atoms with Crippen molar-refractivity contribution in [3.05, 3.63) is 29.8 Å². The summed E-state index contributed by atoms with van der Waals surface area (Å²) in [5.41, 5.74) is 0. The fourth-order valence-corrected chi connectivity index (χ4v) is 3.27. The molecule has 0 aliphatic heterocycles. The van der Waals surface area contributed by atoms with E-state index >= 15 is 0 Å². The lowest BCUT2D eigenvalue weighted by Crippen LogP contribution is -2.33. The second-order valence-corrected chi connectivity index (χ2v) is 7.10. The molecule has 0 aliphatic rings. The van der Waals surface area contributed by atoms with Gasteiger partial charge < -0.3 is 0 Å². The van der Waals surface area contributed by atoms with Crippen molar-refractivity contribution >= 4 is 10.0 Å². The summed E-state index contributed by atoms with van der Waals surface area (Å²) in [5.74, 6) is -1.17. The fourth-order valence-electron chi connectivity index (χ4n) is 1.90. The molecule has 0 saturated carbocycles. The molecule has 0 saturated heterocycles. The Kier molecular flexibility index (Phi) is 6.07. The van der Waals surface area contributed by atoms with Crippen molar-refractivity contribution in [3.8, 4) is 0 Å². The Hall–Kier alpha value is -1.01. The molecular formula is C14H21F2NO2S. The van der Waals surface area contributed by atoms with E-state index in [1.165, 1.54) is 0 Å². The maximum Gasteiger partial charge on any atom is 0.243 e. The molecule has 3 nitrogen and oxygen atoms in total. The summed E-state index contributed by atoms with van der Waals surface area (Å²) in [6, 6.07) is 2.08. The zero-order valence-electron chi connectivity index (χ0n) is 12.0. The normalized spacial score (nSPS) is 13.7. The smallest absolute Gasteiger partial charge is 0.208 e. The molecule has 1 aromatic carbocycles. The highest BCUT2D eigenvalue weighted by molar-refractivity contribution is 7.89. The molecule has 0 radical (unpaired) electrons. The van der Waals surface area contributed by atoms with Crippen LogP contribution in [0.15, 0.2) is 23.1 Å². The van der Waals surface area contributed by atoms with Crippen molar-refractivity contribution < 1.29 is 17.2 Å². The summed E-state index contributed by atoms with van der Waals surface area (Å²) in [5, 5.41) is 0. The summed E-state index contributed by atoms with van der Waals surface area (Å²) >= 11 is 0. The van der Waals surface area contributed by atoms with Crippen LogP contribution in [0.3, 0.4) is 0 Å². The maximum absolute atomic E-state index is 13.5. The minimum Gasteiger partial charge on any atom is -0.208 e. The van der Waals surface area contributed by atoms with Crippen molar-refractivity contribution in [2.24, 2.45) is 5.92 Å². The molecule has 0 aromatic heterocycles. The van der Waals surface area contributed by atoms with E-state index in [2.05, 4.69) is 18.6 Å². The van der Waals surface area contributed by atoms with Gasteiger partial charge in [0.05, 0.1) is 0 Å². The van der Waals surface area contributed by atoms with Crippen molar-refractivity contribution in [1.29, 1.82) is 0 Å². The summed E-state index contributed by atoms with van der Waals surface area (Å²) < 4.78 is 52.9. The fraction of sp³-hybridized carbons (Fsp3) is 0.571. The number of hydrogen-bond donors (Lipinski definition) is 1. The lowest BCUT2D eigenvalue weighted by Gasteiger charge is -2.15. The SMILES string of the molecule is CC(C)CCCC(C)NS(=O)(=O)c1cc(F)ccc1F. The average Bonchev–Trinajstić information content (AvgIpc) is 2.31. The van der Waals surface area contributed by atoms with Crippen LogP contribution in [0.1, 0.15) is 40.0 Å². The van der Waals surface area contributed by atoms with Crippen LogP contribution < -0.4 is 4.72 Å². The van der Waals surface area contributed by atoms with Crippen LogP contribution in [0.2, 0.25) is 0 Å². The number of nitrogens with one attached hydrogen (secondary N) is 1. The molecule has 0 heterocycles. The van der Waals surface area contributed by atoms with Gasteiger partial charge in [0.1, 0.15) is 16.5 Å². The van der Waals surface area contributed by atoms with E-state index in [0.717, 1.165) is 25.0 Å². The lowest BCUT2D eigenvalue weighted by molar-refractivity contribution is 0.485. The Morgan fingerprint density at radius 3 is 2.40 bits per heavy atom. The van der Waals surface area contributed by atoms with Crippen LogP contribution in [-0.2, 0) is 10.0 Å². The van der Waals surface area contributed by atoms with Crippen LogP contribution in [-0.4, -0.2) is 14.5 Å². The van der Waals surface area contributed by atoms with Gasteiger partial charge in [0.25, 0.3) is 0 Å². The third-order valence-electron chi connectivity index (χ3n) is 2.96. The zero-order valence-corrected chi connectivity index (χ0v) is 12.8. The second-order valence-electron chi connectivity index (χ2n) is 5.42. The molecule has 0 spiro atoms. The van der Waals surface area contributed by atoms with Crippen molar-refractivity contribution in [1.82, 2.24) is 4.72 Å². The molecule has 1 rings (SSSR count). The van der Waals surface area contributed by atoms with Gasteiger partial charge in [0, 0.05) is 6.04 Å². The van der Waals surface area contributed by atoms with Crippen LogP contribution in [0, 0.1) is 17.6 Å². The molecule has 6 heteroatoms. The van der Waals surface area contributed by atoms with Crippen LogP contribution in [0.4, 0.5) is 8.78 Å². The average molecular weight is 305 g/mol. The lowest BCUT2D eigenvalue weighted by atomic mass is 10.0. The third kappa shape index (κ3) is 5.17. The van der Waals surface area contributed by atoms with Gasteiger partial charge in [-0.05, 0) is 37.5 Å². The highest BCUT2D eigenvalue weighted by atomic mass is 32.2. The van der Waals surface area contributed by atoms with E-state index in [1.54, 1.807) is 6.92 Å². The summed E-state index contributed by atoms with van der Waals surface area (Å²) in [6.07, 6.45) is 2.54. The molecule has 0 aliphatic carbocycles. The Morgan fingerprint density at radius 2 is 1.80 bits per heavy atom. The van der Waals surface area contributed by atoms with E-state index in [4.69, 9.17) is 0 Å². The first-order valence-electron chi connectivity index (χ1n) is 6.69. The van der Waals surface area contributed by atoms with Crippen LogP contribution in [0.25, 0.3) is 0 Å². The second kappa shape index (κ2) is 7.13. The molecule has 1 unspecified atom stereocenters. The van der Waals surface area contributed by atoms with E-state index in [0.29, 0.717) is 18.4 Å². The molecule has 1 aromatic rings. The maximum atomic E-state index is 13.5. The molecule has 0 amide bonds. The molecule has 114 valence electrons. The van der Waals surface area contributed by atoms with Crippen molar-refractivity contribution in [2.45, 2.75) is 51.0 Å². The van der Waals surface area contributed by atoms with Gasteiger partial charge in [-0.3, -0.25) is 0 Å². The van der Waals surface area contributed by atoms with E-state index in [9.17, 15) is 17.2 Å². The molecule has 20 heavy (non-hydrogen) atoms. The number of benzene rings is 1. The highest BCUT2D eigenvalue weighted by Crippen LogP contribution is 2.17. The van der Waals surface area contributed by atoms with E-state index in [1.807, 2.05) is 0 Å². The first-order valence-corrected chi connectivity index (χ1v) is 8.18. The van der Waals surface area contributed by atoms with Crippen molar-refractivity contribution in [3.63, 3.8) is 0 Å². The molecule has 0 fully saturated rings. The van der Waals surface area contributed by atoms with Gasteiger partial charge in [-0.2, -0.15) is 0 Å². The molecule has 1 atom stereocenters. The minimum absolute atomic E-state index is 0.318. The minimum atomic E-state index is -4.03. The topological polar surface area (TPSA) is 46.2 Å². The number of sulfonamides is 1. The highest BCUT2D eigenvalue weighted by Gasteiger charge is 2.21. The monoisotopic (exact) mass is 305 g/mol. The quantitative estimate of drug-likeness (QED) is 0.838. The summed E-state index contributed by atoms with van der Waals surface area (Å²) in [7, 11) is -4.03. The van der Waals surface area contributed by atoms with Crippen molar-refractivity contribution in [2.75, 3.05) is 0 Å².